The molecule has 0 atom stereocenters. The average molecular weight is 767 g/mol. The van der Waals surface area contributed by atoms with Gasteiger partial charge in [0.25, 0.3) is 0 Å². The molecule has 2 aromatic carbocycles. The Kier molecular flexibility index (Phi) is 12.1. The summed E-state index contributed by atoms with van der Waals surface area (Å²) in [7, 11) is -4.11. The topological polar surface area (TPSA) is 70.1 Å². The normalized spacial score (nSPS) is 16.7. The number of anilines is 2. The Morgan fingerprint density at radius 3 is 2.14 bits per heavy atom. The Hall–Kier alpha value is -3.68. The second-order valence-electron chi connectivity index (χ2n) is 12.8. The second-order valence-corrected chi connectivity index (χ2v) is 13.6. The van der Waals surface area contributed by atoms with Gasteiger partial charge < -0.3 is 19.6 Å². The van der Waals surface area contributed by atoms with Gasteiger partial charge in [-0.1, -0.05) is 24.6 Å². The number of hydrogen-bond donors (Lipinski definition) is 1. The number of carboxylic acid groups (broad SMARTS) is 1. The summed E-state index contributed by atoms with van der Waals surface area (Å²) in [6.07, 6.45) is 6.50. The van der Waals surface area contributed by atoms with E-state index in [1.807, 2.05) is 24.3 Å². The number of unbranched alkanes of at least 4 members (excludes halogenated alkanes) is 2. The first-order chi connectivity index (χ1) is 23.7. The van der Waals surface area contributed by atoms with Crippen LogP contribution in [0.25, 0.3) is 12.2 Å². The monoisotopic (exact) mass is 766 g/mol. The minimum absolute atomic E-state index is 0.142. The number of nitrogens with zero attached hydrogens (tertiary/aromatic N) is 2. The highest BCUT2D eigenvalue weighted by Gasteiger charge is 2.69. The minimum atomic E-state index is -6.22. The van der Waals surface area contributed by atoms with Crippen LogP contribution in [0.5, 0.6) is 0 Å². The van der Waals surface area contributed by atoms with E-state index in [0.29, 0.717) is 17.5 Å². The molecule has 14 heteroatoms. The number of ketones is 1. The maximum absolute atomic E-state index is 14.5. The van der Waals surface area contributed by atoms with Gasteiger partial charge in [-0.2, -0.15) is 22.0 Å². The summed E-state index contributed by atoms with van der Waals surface area (Å²) in [5.74, 6) is -8.28. The third kappa shape index (κ3) is 8.97. The van der Waals surface area contributed by atoms with Crippen LogP contribution >= 0.6 is 15.9 Å². The van der Waals surface area contributed by atoms with Crippen LogP contribution in [-0.4, -0.2) is 62.2 Å². The molecule has 2 aromatic rings. The Labute approximate surface area is 296 Å². The number of carboxylic acids is 1. The molecule has 0 bridgehead atoms. The maximum Gasteiger partial charge on any atom is 0.650 e. The van der Waals surface area contributed by atoms with Crippen LogP contribution < -0.4 is 9.80 Å². The molecule has 3 aliphatic rings. The van der Waals surface area contributed by atoms with Gasteiger partial charge >= 0.3 is 25.2 Å². The molecule has 0 saturated heterocycles. The zero-order valence-electron chi connectivity index (χ0n) is 27.4. The predicted octanol–water partition coefficient (Wildman–Crippen LogP) is 8.90. The first-order valence-corrected chi connectivity index (χ1v) is 17.6. The molecule has 0 radical (unpaired) electrons. The van der Waals surface area contributed by atoms with Crippen molar-refractivity contribution in [1.82, 2.24) is 0 Å². The summed E-state index contributed by atoms with van der Waals surface area (Å²) in [5, 5.41) is 8.84. The fourth-order valence-electron chi connectivity index (χ4n) is 6.73. The smallest absolute Gasteiger partial charge is 0.528 e. The zero-order valence-corrected chi connectivity index (χ0v) is 29.0. The van der Waals surface area contributed by atoms with Crippen molar-refractivity contribution in [2.75, 3.05) is 36.0 Å². The SMILES string of the molecule is O=C(O)CCCCCN1CCCc2cc(/C=C/C(=O)/C(Br)=C(/C=C/c3cc4c5c(c3)CCCN5CCC4)OB(F)C(F)(F)C(F)(F)F)ccc21. The number of fused-ring (bicyclic) bond motifs is 1. The lowest BCUT2D eigenvalue weighted by Gasteiger charge is -2.37. The number of aryl methyl sites for hydroxylation is 3. The first kappa shape index (κ1) is 37.6. The Morgan fingerprint density at radius 2 is 1.48 bits per heavy atom. The van der Waals surface area contributed by atoms with Crippen molar-refractivity contribution >= 4 is 58.4 Å². The van der Waals surface area contributed by atoms with Crippen molar-refractivity contribution in [2.24, 2.45) is 0 Å². The van der Waals surface area contributed by atoms with Gasteiger partial charge in [-0.15, -0.1) is 0 Å². The number of benzene rings is 2. The van der Waals surface area contributed by atoms with Crippen LogP contribution in [-0.2, 0) is 33.5 Å². The number of allylic oxidation sites excluding steroid dienone is 3. The number of aliphatic carboxylic acids is 1. The van der Waals surface area contributed by atoms with E-state index in [0.717, 1.165) is 112 Å². The number of rotatable bonds is 14. The van der Waals surface area contributed by atoms with Gasteiger partial charge in [0.15, 0.2) is 5.78 Å². The van der Waals surface area contributed by atoms with E-state index in [4.69, 9.17) is 5.11 Å². The number of hydrogen-bond acceptors (Lipinski definition) is 5. The molecule has 3 heterocycles. The van der Waals surface area contributed by atoms with Gasteiger partial charge in [-0.3, -0.25) is 13.9 Å². The molecule has 1 N–H and O–H groups in total. The highest BCUT2D eigenvalue weighted by molar-refractivity contribution is 9.12. The number of alkyl halides is 5. The zero-order chi connectivity index (χ0) is 36.1. The van der Waals surface area contributed by atoms with E-state index in [9.17, 15) is 35.9 Å². The molecule has 6 nitrogen and oxygen atoms in total. The molecule has 0 aliphatic carbocycles. The average Bonchev–Trinajstić information content (AvgIpc) is 3.08. The summed E-state index contributed by atoms with van der Waals surface area (Å²) >= 11 is 2.98. The van der Waals surface area contributed by atoms with Crippen molar-refractivity contribution < 1.29 is 45.6 Å². The predicted molar refractivity (Wildman–Crippen MR) is 186 cm³/mol. The van der Waals surface area contributed by atoms with Crippen LogP contribution in [0, 0.1) is 0 Å². The molecular formula is C36H38BBrF6N2O4. The van der Waals surface area contributed by atoms with Crippen LogP contribution in [0.15, 0.2) is 52.7 Å². The van der Waals surface area contributed by atoms with Gasteiger partial charge in [0.05, 0.1) is 0 Å². The molecule has 5 rings (SSSR count). The van der Waals surface area contributed by atoms with Crippen LogP contribution in [0.3, 0.4) is 0 Å². The summed E-state index contributed by atoms with van der Waals surface area (Å²) in [5.41, 5.74) is 6.73. The number of carbonyl (C=O) groups is 2. The lowest BCUT2D eigenvalue weighted by Crippen LogP contribution is -2.49. The standard InChI is InChI=1S/C36H38BBrF6N2O4/c38-33(30(47)15-12-24-11-14-29-26(21-24)7-4-18-45(29)17-3-1-2-10-32(48)49)31(50-37(44)35(39,40)36(41,42)43)16-13-25-22-27-8-5-19-46-20-6-9-28(23-25)34(27)46/h11-16,21-23H,1-10,17-20H2,(H,48,49)/b15-12+,16-13+,33-31+. The van der Waals surface area contributed by atoms with E-state index in [-0.39, 0.29) is 6.42 Å². The van der Waals surface area contributed by atoms with Crippen LogP contribution in [0.1, 0.15) is 72.8 Å². The van der Waals surface area contributed by atoms with Crippen molar-refractivity contribution in [1.29, 1.82) is 0 Å². The van der Waals surface area contributed by atoms with Crippen molar-refractivity contribution in [3.05, 3.63) is 80.5 Å². The van der Waals surface area contributed by atoms with E-state index in [1.54, 1.807) is 6.07 Å². The molecule has 0 aromatic heterocycles. The molecule has 0 spiro atoms. The first-order valence-electron chi connectivity index (χ1n) is 16.8. The maximum atomic E-state index is 14.5. The van der Waals surface area contributed by atoms with Gasteiger partial charge in [0.1, 0.15) is 10.2 Å². The Morgan fingerprint density at radius 1 is 0.860 bits per heavy atom. The van der Waals surface area contributed by atoms with E-state index in [1.165, 1.54) is 17.8 Å². The quantitative estimate of drug-likeness (QED) is 0.0518. The van der Waals surface area contributed by atoms with Gasteiger partial charge in [0.2, 0.25) is 0 Å². The third-order valence-electron chi connectivity index (χ3n) is 9.17. The number of halogens is 7. The fourth-order valence-corrected chi connectivity index (χ4v) is 7.09. The van der Waals surface area contributed by atoms with Crippen LogP contribution in [0.2, 0.25) is 0 Å². The molecular weight excluding hydrogens is 729 g/mol. The Bertz CT molecular complexity index is 1650. The van der Waals surface area contributed by atoms with Crippen molar-refractivity contribution in [2.45, 2.75) is 76.2 Å². The summed E-state index contributed by atoms with van der Waals surface area (Å²) in [6, 6.07) is 9.43. The van der Waals surface area contributed by atoms with Crippen molar-refractivity contribution in [3.63, 3.8) is 0 Å². The summed E-state index contributed by atoms with van der Waals surface area (Å²) in [6.45, 7) is 3.54. The lowest BCUT2D eigenvalue weighted by atomic mass is 9.82. The number of carbonyl (C=O) groups excluding carboxylic acids is 1. The highest BCUT2D eigenvalue weighted by atomic mass is 79.9. The van der Waals surface area contributed by atoms with E-state index < -0.39 is 41.2 Å². The molecule has 50 heavy (non-hydrogen) atoms. The van der Waals surface area contributed by atoms with Gasteiger partial charge in [-0.25, -0.2) is 0 Å². The fraction of sp³-hybridized carbons (Fsp3) is 0.444. The second kappa shape index (κ2) is 16.1. The highest BCUT2D eigenvalue weighted by Crippen LogP contribution is 2.40. The summed E-state index contributed by atoms with van der Waals surface area (Å²) < 4.78 is 85.3. The molecule has 268 valence electrons. The largest absolute Gasteiger partial charge is 0.650 e. The van der Waals surface area contributed by atoms with Crippen molar-refractivity contribution in [3.8, 4) is 0 Å². The minimum Gasteiger partial charge on any atom is -0.528 e. The van der Waals surface area contributed by atoms with E-state index >= 15 is 0 Å². The van der Waals surface area contributed by atoms with E-state index in [2.05, 4.69) is 30.4 Å². The summed E-state index contributed by atoms with van der Waals surface area (Å²) in [4.78, 5) is 28.5. The molecule has 0 saturated carbocycles. The molecule has 3 aliphatic heterocycles. The lowest BCUT2D eigenvalue weighted by molar-refractivity contribution is -0.252. The van der Waals surface area contributed by atoms with Crippen LogP contribution in [0.4, 0.5) is 37.6 Å². The van der Waals surface area contributed by atoms with Gasteiger partial charge in [-0.05, 0) is 132 Å². The Balaban J connectivity index is 1.36. The molecule has 0 unspecified atom stereocenters. The van der Waals surface area contributed by atoms with Gasteiger partial charge in [0, 0.05) is 44.0 Å². The third-order valence-corrected chi connectivity index (χ3v) is 9.95. The molecule has 0 fully saturated rings. The molecule has 0 amide bonds.